The van der Waals surface area contributed by atoms with Gasteiger partial charge in [-0.25, -0.2) is 4.79 Å². The zero-order chi connectivity index (χ0) is 28.0. The summed E-state index contributed by atoms with van der Waals surface area (Å²) in [6, 6.07) is -4.35. The second-order valence-corrected chi connectivity index (χ2v) is 9.37. The number of aliphatic carboxylic acids is 1. The molecule has 14 nitrogen and oxygen atoms in total. The van der Waals surface area contributed by atoms with Crippen LogP contribution in [0.5, 0.6) is 0 Å². The zero-order valence-electron chi connectivity index (χ0n) is 21.5. The molecule has 0 fully saturated rings. The molecule has 206 valence electrons. The van der Waals surface area contributed by atoms with Gasteiger partial charge in [-0.2, -0.15) is 0 Å². The Labute approximate surface area is 211 Å². The van der Waals surface area contributed by atoms with Crippen LogP contribution in [0.25, 0.3) is 0 Å². The van der Waals surface area contributed by atoms with Gasteiger partial charge in [0.25, 0.3) is 0 Å². The minimum Gasteiger partial charge on any atom is -0.480 e. The van der Waals surface area contributed by atoms with E-state index in [4.69, 9.17) is 22.9 Å². The highest BCUT2D eigenvalue weighted by molar-refractivity contribution is 5.94. The quantitative estimate of drug-likeness (QED) is 0.0598. The van der Waals surface area contributed by atoms with Gasteiger partial charge in [0, 0.05) is 13.0 Å². The Balaban J connectivity index is 5.66. The Bertz CT molecular complexity index is 797. The topological polar surface area (TPSA) is 258 Å². The number of nitrogens with one attached hydrogen (secondary N) is 3. The lowest BCUT2D eigenvalue weighted by Crippen LogP contribution is -2.57. The van der Waals surface area contributed by atoms with Crippen molar-refractivity contribution in [1.29, 1.82) is 0 Å². The van der Waals surface area contributed by atoms with E-state index in [0.717, 1.165) is 0 Å². The normalized spacial score (nSPS) is 14.3. The van der Waals surface area contributed by atoms with E-state index in [-0.39, 0.29) is 56.4 Å². The van der Waals surface area contributed by atoms with Gasteiger partial charge in [-0.1, -0.05) is 27.7 Å². The largest absolute Gasteiger partial charge is 0.480 e. The molecule has 0 aromatic heterocycles. The Morgan fingerprint density at radius 2 is 1.33 bits per heavy atom. The first-order valence-corrected chi connectivity index (χ1v) is 11.9. The lowest BCUT2D eigenvalue weighted by atomic mass is 10.00. The van der Waals surface area contributed by atoms with Crippen LogP contribution in [0.2, 0.25) is 0 Å². The molecule has 36 heavy (non-hydrogen) atoms. The van der Waals surface area contributed by atoms with E-state index in [0.29, 0.717) is 0 Å². The summed E-state index contributed by atoms with van der Waals surface area (Å²) in [5.74, 6) is -4.26. The van der Waals surface area contributed by atoms with Gasteiger partial charge in [0.05, 0.1) is 6.04 Å². The molecule has 14 heteroatoms. The third-order valence-electron chi connectivity index (χ3n) is 5.23. The molecule has 0 aromatic rings. The van der Waals surface area contributed by atoms with Gasteiger partial charge in [-0.3, -0.25) is 24.2 Å². The maximum atomic E-state index is 13.1. The van der Waals surface area contributed by atoms with Gasteiger partial charge in [0.15, 0.2) is 5.96 Å². The molecule has 0 saturated carbocycles. The van der Waals surface area contributed by atoms with Crippen LogP contribution in [0, 0.1) is 11.8 Å². The van der Waals surface area contributed by atoms with Crippen LogP contribution >= 0.6 is 0 Å². The number of carbonyl (C=O) groups excluding carboxylic acids is 4. The number of guanidine groups is 1. The molecule has 0 rings (SSSR count). The summed E-state index contributed by atoms with van der Waals surface area (Å²) in [6.07, 6.45) is 0.168. The van der Waals surface area contributed by atoms with Crippen molar-refractivity contribution in [1.82, 2.24) is 16.0 Å². The second kappa shape index (κ2) is 16.3. The van der Waals surface area contributed by atoms with E-state index in [1.807, 2.05) is 13.8 Å². The highest BCUT2D eigenvalue weighted by Gasteiger charge is 2.31. The predicted octanol–water partition coefficient (Wildman–Crippen LogP) is -2.13. The van der Waals surface area contributed by atoms with E-state index >= 15 is 0 Å². The number of primary amides is 1. The average molecular weight is 515 g/mol. The third-order valence-corrected chi connectivity index (χ3v) is 5.23. The van der Waals surface area contributed by atoms with Gasteiger partial charge in [0.2, 0.25) is 23.6 Å². The summed E-state index contributed by atoms with van der Waals surface area (Å²) in [4.78, 5) is 64.9. The summed E-state index contributed by atoms with van der Waals surface area (Å²) >= 11 is 0. The molecule has 0 aliphatic rings. The molecule has 0 aliphatic heterocycles. The van der Waals surface area contributed by atoms with Gasteiger partial charge < -0.3 is 44.0 Å². The lowest BCUT2D eigenvalue weighted by molar-refractivity contribution is -0.142. The SMILES string of the molecule is CC(C)CC(NC(=O)C(N)C(C)C)C(=O)NC(CCCN=C(N)N)C(=O)NC(CCC(N)=O)C(=O)O. The number of nitrogens with two attached hydrogens (primary N) is 4. The molecular weight excluding hydrogens is 472 g/mol. The van der Waals surface area contributed by atoms with E-state index in [1.54, 1.807) is 13.8 Å². The van der Waals surface area contributed by atoms with Crippen molar-refractivity contribution in [3.05, 3.63) is 0 Å². The Morgan fingerprint density at radius 1 is 0.806 bits per heavy atom. The van der Waals surface area contributed by atoms with Crippen molar-refractivity contribution >= 4 is 35.6 Å². The average Bonchev–Trinajstić information content (AvgIpc) is 2.76. The lowest BCUT2D eigenvalue weighted by Gasteiger charge is -2.26. The number of amides is 4. The Kier molecular flexibility index (Phi) is 14.7. The molecule has 0 saturated heterocycles. The van der Waals surface area contributed by atoms with Gasteiger partial charge >= 0.3 is 5.97 Å². The predicted molar refractivity (Wildman–Crippen MR) is 134 cm³/mol. The minimum absolute atomic E-state index is 0.0238. The van der Waals surface area contributed by atoms with E-state index in [9.17, 15) is 29.1 Å². The first-order valence-electron chi connectivity index (χ1n) is 11.9. The molecular formula is C22H42N8O6. The number of rotatable bonds is 17. The molecule has 4 unspecified atom stereocenters. The molecule has 0 aliphatic carbocycles. The Hall–Kier alpha value is -3.42. The van der Waals surface area contributed by atoms with Crippen molar-refractivity contribution in [3.63, 3.8) is 0 Å². The molecule has 0 bridgehead atoms. The van der Waals surface area contributed by atoms with Crippen LogP contribution in [0.4, 0.5) is 0 Å². The molecule has 12 N–H and O–H groups in total. The van der Waals surface area contributed by atoms with E-state index < -0.39 is 53.8 Å². The summed E-state index contributed by atoms with van der Waals surface area (Å²) in [7, 11) is 0. The van der Waals surface area contributed by atoms with Crippen molar-refractivity contribution in [2.45, 2.75) is 84.0 Å². The summed E-state index contributed by atoms with van der Waals surface area (Å²) in [5, 5.41) is 17.0. The van der Waals surface area contributed by atoms with E-state index in [1.165, 1.54) is 0 Å². The number of hydrogen-bond donors (Lipinski definition) is 8. The molecule has 4 atom stereocenters. The van der Waals surface area contributed by atoms with Crippen LogP contribution in [0.15, 0.2) is 4.99 Å². The van der Waals surface area contributed by atoms with Crippen molar-refractivity contribution in [3.8, 4) is 0 Å². The minimum atomic E-state index is -1.39. The summed E-state index contributed by atoms with van der Waals surface area (Å²) < 4.78 is 0. The monoisotopic (exact) mass is 514 g/mol. The maximum absolute atomic E-state index is 13.1. The highest BCUT2D eigenvalue weighted by Crippen LogP contribution is 2.09. The van der Waals surface area contributed by atoms with Gasteiger partial charge in [-0.15, -0.1) is 0 Å². The molecule has 0 aromatic carbocycles. The summed E-state index contributed by atoms with van der Waals surface area (Å²) in [5.41, 5.74) is 21.6. The maximum Gasteiger partial charge on any atom is 0.326 e. The van der Waals surface area contributed by atoms with Crippen LogP contribution in [-0.4, -0.2) is 71.4 Å². The first kappa shape index (κ1) is 32.6. The number of aliphatic imine (C=N–C) groups is 1. The fourth-order valence-corrected chi connectivity index (χ4v) is 3.13. The molecule has 4 amide bonds. The number of carboxylic acids is 1. The van der Waals surface area contributed by atoms with Crippen molar-refractivity contribution < 1.29 is 29.1 Å². The van der Waals surface area contributed by atoms with Crippen LogP contribution in [0.1, 0.15) is 59.8 Å². The fourth-order valence-electron chi connectivity index (χ4n) is 3.13. The van der Waals surface area contributed by atoms with Gasteiger partial charge in [-0.05, 0) is 37.5 Å². The van der Waals surface area contributed by atoms with Gasteiger partial charge in [0.1, 0.15) is 18.1 Å². The second-order valence-electron chi connectivity index (χ2n) is 9.37. The highest BCUT2D eigenvalue weighted by atomic mass is 16.4. The van der Waals surface area contributed by atoms with Crippen LogP contribution in [-0.2, 0) is 24.0 Å². The standard InChI is InChI=1S/C22H42N8O6/c1-11(2)10-15(30-20(34)17(24)12(3)4)19(33)28-13(6-5-9-27-22(25)26)18(32)29-14(21(35)36)7-8-16(23)31/h11-15,17H,5-10,24H2,1-4H3,(H2,23,31)(H,28,33)(H,29,32)(H,30,34)(H,35,36)(H4,25,26,27). The molecule has 0 radical (unpaired) electrons. The smallest absolute Gasteiger partial charge is 0.326 e. The number of carboxylic acid groups (broad SMARTS) is 1. The van der Waals surface area contributed by atoms with E-state index in [2.05, 4.69) is 20.9 Å². The first-order chi connectivity index (χ1) is 16.6. The number of carbonyl (C=O) groups is 5. The molecule has 0 spiro atoms. The van der Waals surface area contributed by atoms with Crippen molar-refractivity contribution in [2.75, 3.05) is 6.54 Å². The van der Waals surface area contributed by atoms with Crippen LogP contribution < -0.4 is 38.9 Å². The third kappa shape index (κ3) is 13.5. The number of hydrogen-bond acceptors (Lipinski definition) is 7. The Morgan fingerprint density at radius 3 is 1.81 bits per heavy atom. The number of nitrogens with zero attached hydrogens (tertiary/aromatic N) is 1. The van der Waals surface area contributed by atoms with Crippen molar-refractivity contribution in [2.24, 2.45) is 39.8 Å². The summed E-state index contributed by atoms with van der Waals surface area (Å²) in [6.45, 7) is 7.45. The molecule has 0 heterocycles. The zero-order valence-corrected chi connectivity index (χ0v) is 21.5. The fraction of sp³-hybridized carbons (Fsp3) is 0.727. The van der Waals surface area contributed by atoms with Crippen LogP contribution in [0.3, 0.4) is 0 Å².